The Morgan fingerprint density at radius 3 is 2.71 bits per heavy atom. The maximum atomic E-state index is 13.8. The Labute approximate surface area is 213 Å². The average molecular weight is 513 g/mol. The minimum Gasteiger partial charge on any atom is -0.388 e. The molecular weight excluding hydrogens is 468 g/mol. The van der Waals surface area contributed by atoms with Crippen LogP contribution < -0.4 is 5.32 Å². The van der Waals surface area contributed by atoms with Crippen LogP contribution in [0.1, 0.15) is 46.5 Å². The van der Waals surface area contributed by atoms with Gasteiger partial charge in [0.1, 0.15) is 35.9 Å². The van der Waals surface area contributed by atoms with Crippen molar-refractivity contribution in [2.75, 3.05) is 26.0 Å². The molecular formula is C26H44N2O6S. The number of aliphatic hydroxyl groups is 3. The standard InChI is InChI=1S/C26H44N2O6S/c1-14(2)11-16-8-9-33-23-17(12-16)13-28(4)19(23)25(32)27-18-15(3)7-5-6-10-35-26-22(31)20(29)21(30)24(18)34-26/h5,7,14-24,26,29-31H,6,8-13H2,1-4H3,(H,27,32)/b7-5-/t15-,16-,17-,18+,19-,20?,21?,22?,23+,24?,26?/m0/s1. The summed E-state index contributed by atoms with van der Waals surface area (Å²) in [5, 5.41) is 35.0. The van der Waals surface area contributed by atoms with Gasteiger partial charge in [0.25, 0.3) is 0 Å². The van der Waals surface area contributed by atoms with E-state index >= 15 is 0 Å². The molecule has 11 atom stereocenters. The van der Waals surface area contributed by atoms with E-state index in [2.05, 4.69) is 30.1 Å². The van der Waals surface area contributed by atoms with E-state index in [0.717, 1.165) is 31.6 Å². The average Bonchev–Trinajstić information content (AvgIpc) is 2.98. The molecule has 0 radical (unpaired) electrons. The third kappa shape index (κ3) is 6.08. The number of amides is 1. The van der Waals surface area contributed by atoms with E-state index in [0.29, 0.717) is 24.4 Å². The van der Waals surface area contributed by atoms with E-state index in [9.17, 15) is 20.1 Å². The lowest BCUT2D eigenvalue weighted by Gasteiger charge is -2.45. The van der Waals surface area contributed by atoms with E-state index in [4.69, 9.17) is 9.47 Å². The van der Waals surface area contributed by atoms with Gasteiger partial charge in [-0.2, -0.15) is 0 Å². The van der Waals surface area contributed by atoms with Crippen molar-refractivity contribution in [2.45, 2.75) is 94.5 Å². The van der Waals surface area contributed by atoms with Gasteiger partial charge >= 0.3 is 0 Å². The Hall–Kier alpha value is -0.680. The zero-order chi connectivity index (χ0) is 25.3. The summed E-state index contributed by atoms with van der Waals surface area (Å²) in [4.78, 5) is 15.8. The Balaban J connectivity index is 1.52. The van der Waals surface area contributed by atoms with Gasteiger partial charge in [-0.3, -0.25) is 9.69 Å². The molecule has 4 aliphatic heterocycles. The van der Waals surface area contributed by atoms with E-state index < -0.39 is 41.9 Å². The first-order chi connectivity index (χ1) is 16.7. The van der Waals surface area contributed by atoms with Gasteiger partial charge in [0.05, 0.1) is 12.1 Å². The number of nitrogens with one attached hydrogen (secondary N) is 1. The minimum atomic E-state index is -1.33. The van der Waals surface area contributed by atoms with Crippen LogP contribution in [0.4, 0.5) is 0 Å². The summed E-state index contributed by atoms with van der Waals surface area (Å²) in [6.45, 7) is 8.00. The van der Waals surface area contributed by atoms with Crippen molar-refractivity contribution in [1.29, 1.82) is 0 Å². The predicted octanol–water partition coefficient (Wildman–Crippen LogP) is 1.38. The lowest BCUT2D eigenvalue weighted by molar-refractivity contribution is -0.207. The molecule has 4 rings (SSSR count). The Morgan fingerprint density at radius 1 is 1.20 bits per heavy atom. The summed E-state index contributed by atoms with van der Waals surface area (Å²) in [6, 6.07) is -0.963. The molecule has 5 unspecified atom stereocenters. The summed E-state index contributed by atoms with van der Waals surface area (Å²) in [7, 11) is 1.98. The van der Waals surface area contributed by atoms with Crippen molar-refractivity contribution in [2.24, 2.45) is 23.7 Å². The van der Waals surface area contributed by atoms with E-state index in [1.54, 1.807) is 0 Å². The molecule has 0 aromatic rings. The fourth-order valence-electron chi connectivity index (χ4n) is 6.43. The maximum absolute atomic E-state index is 13.8. The topological polar surface area (TPSA) is 111 Å². The SMILES string of the molecule is CC(C)C[C@@H]1CCO[C@@H]2[C@@H](C1)CN(C)[C@@H]2C(=O)N[C@H]1C2OC(SCC/C=C\[C@@H]1C)C(O)C(O)C2O. The molecule has 4 N–H and O–H groups in total. The van der Waals surface area contributed by atoms with Crippen LogP contribution in [0.2, 0.25) is 0 Å². The fourth-order valence-corrected chi connectivity index (χ4v) is 7.50. The van der Waals surface area contributed by atoms with Gasteiger partial charge in [-0.1, -0.05) is 32.9 Å². The summed E-state index contributed by atoms with van der Waals surface area (Å²) in [5.74, 6) is 2.06. The quantitative estimate of drug-likeness (QED) is 0.418. The number of allylic oxidation sites excluding steroid dienone is 1. The Bertz CT molecular complexity index is 753. The van der Waals surface area contributed by atoms with Crippen LogP contribution >= 0.6 is 11.8 Å². The highest BCUT2D eigenvalue weighted by molar-refractivity contribution is 7.99. The number of hydrogen-bond acceptors (Lipinski definition) is 8. The fraction of sp³-hybridized carbons (Fsp3) is 0.885. The highest BCUT2D eigenvalue weighted by Gasteiger charge is 2.51. The molecule has 0 aromatic heterocycles. The minimum absolute atomic E-state index is 0.127. The largest absolute Gasteiger partial charge is 0.388 e. The van der Waals surface area contributed by atoms with Crippen molar-refractivity contribution in [3.05, 3.63) is 12.2 Å². The summed E-state index contributed by atoms with van der Waals surface area (Å²) >= 11 is 1.42. The second-order valence-corrected chi connectivity index (χ2v) is 12.6. The van der Waals surface area contributed by atoms with Gasteiger partial charge < -0.3 is 30.1 Å². The molecule has 0 spiro atoms. The number of likely N-dealkylation sites (N-methyl/N-ethyl adjacent to an activating group) is 1. The van der Waals surface area contributed by atoms with Crippen molar-refractivity contribution < 1.29 is 29.6 Å². The van der Waals surface area contributed by atoms with Gasteiger partial charge in [0, 0.05) is 19.1 Å². The highest BCUT2D eigenvalue weighted by Crippen LogP contribution is 2.37. The molecule has 0 saturated carbocycles. The lowest BCUT2D eigenvalue weighted by atomic mass is 9.85. The Kier molecular flexibility index (Phi) is 9.22. The van der Waals surface area contributed by atoms with Crippen LogP contribution in [0.15, 0.2) is 12.2 Å². The van der Waals surface area contributed by atoms with Crippen LogP contribution in [0.3, 0.4) is 0 Å². The van der Waals surface area contributed by atoms with Crippen LogP contribution in [0, 0.1) is 23.7 Å². The van der Waals surface area contributed by atoms with Crippen molar-refractivity contribution in [3.63, 3.8) is 0 Å². The molecule has 35 heavy (non-hydrogen) atoms. The summed E-state index contributed by atoms with van der Waals surface area (Å²) < 4.78 is 12.4. The number of carbonyl (C=O) groups excluding carboxylic acids is 1. The number of likely N-dealkylation sites (tertiary alicyclic amines) is 1. The van der Waals surface area contributed by atoms with Gasteiger partial charge in [0.15, 0.2) is 0 Å². The van der Waals surface area contributed by atoms with Gasteiger partial charge in [-0.15, -0.1) is 11.8 Å². The zero-order valence-corrected chi connectivity index (χ0v) is 22.3. The molecule has 0 aliphatic carbocycles. The molecule has 200 valence electrons. The molecule has 3 fully saturated rings. The number of nitrogens with zero attached hydrogens (tertiary/aromatic N) is 1. The van der Waals surface area contributed by atoms with Gasteiger partial charge in [-0.05, 0) is 56.2 Å². The van der Waals surface area contributed by atoms with Gasteiger partial charge in [-0.25, -0.2) is 0 Å². The monoisotopic (exact) mass is 512 g/mol. The van der Waals surface area contributed by atoms with Crippen molar-refractivity contribution in [3.8, 4) is 0 Å². The summed E-state index contributed by atoms with van der Waals surface area (Å²) in [6.07, 6.45) is 3.41. The zero-order valence-electron chi connectivity index (χ0n) is 21.5. The second-order valence-electron chi connectivity index (χ2n) is 11.4. The van der Waals surface area contributed by atoms with E-state index in [-0.39, 0.29) is 17.9 Å². The van der Waals surface area contributed by atoms with Crippen LogP contribution in [-0.2, 0) is 14.3 Å². The molecule has 4 heterocycles. The maximum Gasteiger partial charge on any atom is 0.240 e. The molecule has 3 saturated heterocycles. The van der Waals surface area contributed by atoms with Crippen LogP contribution in [0.5, 0.6) is 0 Å². The summed E-state index contributed by atoms with van der Waals surface area (Å²) in [5.41, 5.74) is -0.655. The highest BCUT2D eigenvalue weighted by atomic mass is 32.2. The van der Waals surface area contributed by atoms with E-state index in [1.807, 2.05) is 20.0 Å². The number of aliphatic hydroxyl groups excluding tert-OH is 3. The van der Waals surface area contributed by atoms with Crippen molar-refractivity contribution in [1.82, 2.24) is 10.2 Å². The smallest absolute Gasteiger partial charge is 0.240 e. The molecule has 2 bridgehead atoms. The third-order valence-corrected chi connectivity index (χ3v) is 9.35. The number of hydrogen-bond donors (Lipinski definition) is 4. The number of rotatable bonds is 4. The van der Waals surface area contributed by atoms with Crippen LogP contribution in [0.25, 0.3) is 0 Å². The molecule has 1 amide bonds. The molecule has 9 heteroatoms. The third-order valence-electron chi connectivity index (χ3n) is 8.16. The number of thioether (sulfide) groups is 1. The van der Waals surface area contributed by atoms with Gasteiger partial charge in [0.2, 0.25) is 5.91 Å². The first-order valence-electron chi connectivity index (χ1n) is 13.3. The normalized spacial score (nSPS) is 46.0. The number of ether oxygens (including phenoxy) is 2. The first-order valence-corrected chi connectivity index (χ1v) is 14.3. The number of carbonyl (C=O) groups is 1. The number of fused-ring (bicyclic) bond motifs is 3. The molecule has 4 aliphatic rings. The lowest BCUT2D eigenvalue weighted by Crippen LogP contribution is -2.65. The van der Waals surface area contributed by atoms with Crippen LogP contribution in [-0.4, -0.2) is 100 Å². The predicted molar refractivity (Wildman–Crippen MR) is 136 cm³/mol. The van der Waals surface area contributed by atoms with E-state index in [1.165, 1.54) is 18.2 Å². The van der Waals surface area contributed by atoms with Crippen molar-refractivity contribution >= 4 is 17.7 Å². The first kappa shape index (κ1) is 27.4. The second kappa shape index (κ2) is 11.8. The molecule has 8 nitrogen and oxygen atoms in total. The molecule has 0 aromatic carbocycles. The Morgan fingerprint density at radius 2 is 1.97 bits per heavy atom.